The van der Waals surface area contributed by atoms with E-state index in [9.17, 15) is 9.59 Å². The first kappa shape index (κ1) is 19.2. The van der Waals surface area contributed by atoms with E-state index in [2.05, 4.69) is 20.9 Å². The Balaban J connectivity index is 2.01. The number of nitrogens with zero attached hydrogens (tertiary/aromatic N) is 1. The van der Waals surface area contributed by atoms with Crippen LogP contribution >= 0.6 is 0 Å². The van der Waals surface area contributed by atoms with Crippen molar-refractivity contribution >= 4 is 29.2 Å². The molecule has 0 saturated heterocycles. The number of benzene rings is 1. The lowest BCUT2D eigenvalue weighted by Crippen LogP contribution is -2.44. The summed E-state index contributed by atoms with van der Waals surface area (Å²) in [5.74, 6) is -0.0233. The highest BCUT2D eigenvalue weighted by Crippen LogP contribution is 2.23. The zero-order chi connectivity index (χ0) is 19.2. The van der Waals surface area contributed by atoms with Crippen LogP contribution in [0.25, 0.3) is 0 Å². The second-order valence-corrected chi connectivity index (χ2v) is 6.75. The number of carbonyl (C=O) groups is 2. The van der Waals surface area contributed by atoms with Crippen LogP contribution in [0.5, 0.6) is 0 Å². The molecule has 2 aromatic rings. The fraction of sp³-hybridized carbons (Fsp3) is 0.316. The first-order valence-corrected chi connectivity index (χ1v) is 8.32. The van der Waals surface area contributed by atoms with E-state index in [1.54, 1.807) is 40.0 Å². The summed E-state index contributed by atoms with van der Waals surface area (Å²) in [4.78, 5) is 28.4. The molecular weight excluding hydrogens is 332 g/mol. The van der Waals surface area contributed by atoms with Crippen molar-refractivity contribution in [2.75, 3.05) is 10.6 Å². The number of hydrogen-bond acceptors (Lipinski definition) is 5. The van der Waals surface area contributed by atoms with E-state index >= 15 is 0 Å². The van der Waals surface area contributed by atoms with Crippen molar-refractivity contribution < 1.29 is 14.3 Å². The normalized spacial score (nSPS) is 12.0. The minimum absolute atomic E-state index is 0.374. The van der Waals surface area contributed by atoms with Crippen molar-refractivity contribution in [3.8, 4) is 0 Å². The molecule has 3 N–H and O–H groups in total. The van der Waals surface area contributed by atoms with Gasteiger partial charge in [0.25, 0.3) is 0 Å². The number of ether oxygens (including phenoxy) is 1. The first-order valence-electron chi connectivity index (χ1n) is 8.32. The molecule has 7 nitrogen and oxygen atoms in total. The second-order valence-electron chi connectivity index (χ2n) is 6.75. The maximum absolute atomic E-state index is 12.4. The Kier molecular flexibility index (Phi) is 6.16. The highest BCUT2D eigenvalue weighted by molar-refractivity contribution is 5.98. The smallest absolute Gasteiger partial charge is 0.408 e. The summed E-state index contributed by atoms with van der Waals surface area (Å²) in [5.41, 5.74) is 0.890. The van der Waals surface area contributed by atoms with Gasteiger partial charge in [-0.3, -0.25) is 4.79 Å². The summed E-state index contributed by atoms with van der Waals surface area (Å²) in [6.45, 7) is 6.85. The standard InChI is InChI=1S/C19H24N4O3/c1-13(21-18(25)26-19(2,3)4)17(24)23-16-15(11-8-12-20-16)22-14-9-6-5-7-10-14/h5-13,22H,1-4H3,(H,21,25)(H,20,23,24)/t13-/m0/s1. The molecule has 0 bridgehead atoms. The van der Waals surface area contributed by atoms with Crippen LogP contribution in [-0.4, -0.2) is 28.6 Å². The molecule has 0 saturated carbocycles. The van der Waals surface area contributed by atoms with E-state index in [0.717, 1.165) is 5.69 Å². The second kappa shape index (κ2) is 8.33. The van der Waals surface area contributed by atoms with Gasteiger partial charge >= 0.3 is 6.09 Å². The predicted molar refractivity (Wildman–Crippen MR) is 101 cm³/mol. The molecule has 1 heterocycles. The van der Waals surface area contributed by atoms with Crippen molar-refractivity contribution in [2.24, 2.45) is 0 Å². The quantitative estimate of drug-likeness (QED) is 0.760. The van der Waals surface area contributed by atoms with Crippen molar-refractivity contribution in [3.63, 3.8) is 0 Å². The Morgan fingerprint density at radius 3 is 2.42 bits per heavy atom. The average Bonchev–Trinajstić information content (AvgIpc) is 2.55. The molecule has 1 aromatic heterocycles. The highest BCUT2D eigenvalue weighted by Gasteiger charge is 2.21. The number of aromatic nitrogens is 1. The number of alkyl carbamates (subject to hydrolysis) is 1. The number of nitrogens with one attached hydrogen (secondary N) is 3. The van der Waals surface area contributed by atoms with Gasteiger partial charge in [-0.2, -0.15) is 0 Å². The Morgan fingerprint density at radius 2 is 1.77 bits per heavy atom. The van der Waals surface area contributed by atoms with Crippen LogP contribution in [0.15, 0.2) is 48.7 Å². The van der Waals surface area contributed by atoms with Crippen molar-refractivity contribution in [1.29, 1.82) is 0 Å². The van der Waals surface area contributed by atoms with E-state index < -0.39 is 23.6 Å². The zero-order valence-corrected chi connectivity index (χ0v) is 15.4. The van der Waals surface area contributed by atoms with E-state index in [1.807, 2.05) is 36.4 Å². The number of para-hydroxylation sites is 1. The van der Waals surface area contributed by atoms with Crippen molar-refractivity contribution in [1.82, 2.24) is 10.3 Å². The summed E-state index contributed by atoms with van der Waals surface area (Å²) in [5, 5.41) is 8.42. The molecule has 1 aromatic carbocycles. The van der Waals surface area contributed by atoms with Crippen LogP contribution in [0.2, 0.25) is 0 Å². The molecule has 2 amide bonds. The summed E-state index contributed by atoms with van der Waals surface area (Å²) in [7, 11) is 0. The lowest BCUT2D eigenvalue weighted by atomic mass is 10.2. The van der Waals surface area contributed by atoms with Gasteiger partial charge in [0.1, 0.15) is 11.6 Å². The summed E-state index contributed by atoms with van der Waals surface area (Å²) < 4.78 is 5.15. The zero-order valence-electron chi connectivity index (χ0n) is 15.4. The van der Waals surface area contributed by atoms with Gasteiger partial charge < -0.3 is 20.7 Å². The number of hydrogen-bond donors (Lipinski definition) is 3. The molecule has 138 valence electrons. The molecule has 2 rings (SSSR count). The molecule has 0 fully saturated rings. The van der Waals surface area contributed by atoms with Gasteiger partial charge in [0.2, 0.25) is 5.91 Å². The number of pyridine rings is 1. The first-order chi connectivity index (χ1) is 12.2. The fourth-order valence-electron chi connectivity index (χ4n) is 2.06. The van der Waals surface area contributed by atoms with Gasteiger partial charge in [-0.25, -0.2) is 9.78 Å². The Hall–Kier alpha value is -3.09. The number of rotatable bonds is 5. The Morgan fingerprint density at radius 1 is 1.08 bits per heavy atom. The SMILES string of the molecule is C[C@H](NC(=O)OC(C)(C)C)C(=O)Nc1ncccc1Nc1ccccc1. The summed E-state index contributed by atoms with van der Waals surface area (Å²) in [6, 6.07) is 12.3. The molecular formula is C19H24N4O3. The third kappa shape index (κ3) is 6.08. The van der Waals surface area contributed by atoms with Gasteiger partial charge in [-0.1, -0.05) is 18.2 Å². The maximum atomic E-state index is 12.4. The third-order valence-corrected chi connectivity index (χ3v) is 3.23. The molecule has 0 aliphatic heterocycles. The van der Waals surface area contributed by atoms with Crippen molar-refractivity contribution in [2.45, 2.75) is 39.3 Å². The fourth-order valence-corrected chi connectivity index (χ4v) is 2.06. The van der Waals surface area contributed by atoms with Gasteiger partial charge in [0.05, 0.1) is 5.69 Å². The minimum Gasteiger partial charge on any atom is -0.444 e. The van der Waals surface area contributed by atoms with Crippen LogP contribution in [-0.2, 0) is 9.53 Å². The molecule has 26 heavy (non-hydrogen) atoms. The summed E-state index contributed by atoms with van der Waals surface area (Å²) in [6.07, 6.45) is 0.932. The third-order valence-electron chi connectivity index (χ3n) is 3.23. The highest BCUT2D eigenvalue weighted by atomic mass is 16.6. The lowest BCUT2D eigenvalue weighted by Gasteiger charge is -2.21. The number of amides is 2. The molecule has 7 heteroatoms. The van der Waals surface area contributed by atoms with Gasteiger partial charge in [0, 0.05) is 11.9 Å². The van der Waals surface area contributed by atoms with Gasteiger partial charge in [-0.15, -0.1) is 0 Å². The van der Waals surface area contributed by atoms with Gasteiger partial charge in [-0.05, 0) is 52.0 Å². The minimum atomic E-state index is -0.781. The topological polar surface area (TPSA) is 92.3 Å². The predicted octanol–water partition coefficient (Wildman–Crippen LogP) is 3.68. The van der Waals surface area contributed by atoms with Gasteiger partial charge in [0.15, 0.2) is 5.82 Å². The molecule has 0 aliphatic carbocycles. The van der Waals surface area contributed by atoms with Crippen LogP contribution in [0.1, 0.15) is 27.7 Å². The Bertz CT molecular complexity index is 757. The van der Waals surface area contributed by atoms with Crippen LogP contribution in [0.3, 0.4) is 0 Å². The van der Waals surface area contributed by atoms with Crippen molar-refractivity contribution in [3.05, 3.63) is 48.7 Å². The van der Waals surface area contributed by atoms with Crippen LogP contribution < -0.4 is 16.0 Å². The van der Waals surface area contributed by atoms with Crippen LogP contribution in [0.4, 0.5) is 22.0 Å². The molecule has 0 aliphatic rings. The summed E-state index contributed by atoms with van der Waals surface area (Å²) >= 11 is 0. The molecule has 0 unspecified atom stereocenters. The van der Waals surface area contributed by atoms with Crippen LogP contribution in [0, 0.1) is 0 Å². The molecule has 0 spiro atoms. The number of anilines is 3. The maximum Gasteiger partial charge on any atom is 0.408 e. The lowest BCUT2D eigenvalue weighted by molar-refractivity contribution is -0.117. The number of carbonyl (C=O) groups excluding carboxylic acids is 2. The van der Waals surface area contributed by atoms with E-state index in [1.165, 1.54) is 0 Å². The molecule has 1 atom stereocenters. The monoisotopic (exact) mass is 356 g/mol. The largest absolute Gasteiger partial charge is 0.444 e. The average molecular weight is 356 g/mol. The Labute approximate surface area is 153 Å². The van der Waals surface area contributed by atoms with E-state index in [0.29, 0.717) is 11.5 Å². The van der Waals surface area contributed by atoms with E-state index in [4.69, 9.17) is 4.74 Å². The molecule has 0 radical (unpaired) electrons. The van der Waals surface area contributed by atoms with E-state index in [-0.39, 0.29) is 0 Å².